The molecule has 0 unspecified atom stereocenters. The first-order valence-electron chi connectivity index (χ1n) is 6.86. The van der Waals surface area contributed by atoms with Crippen molar-refractivity contribution in [3.63, 3.8) is 0 Å². The van der Waals surface area contributed by atoms with Crippen LogP contribution in [0.2, 0.25) is 5.02 Å². The van der Waals surface area contributed by atoms with Crippen LogP contribution in [0.4, 0.5) is 23.1 Å². The van der Waals surface area contributed by atoms with Crippen molar-refractivity contribution in [2.45, 2.75) is 6.92 Å². The lowest BCUT2D eigenvalue weighted by Gasteiger charge is -2.09. The second-order valence-corrected chi connectivity index (χ2v) is 6.12. The van der Waals surface area contributed by atoms with E-state index in [1.165, 1.54) is 0 Å². The molecule has 0 saturated carbocycles. The van der Waals surface area contributed by atoms with Crippen LogP contribution < -0.4 is 10.6 Å². The Hall–Kier alpha value is -2.18. The third-order valence-corrected chi connectivity index (χ3v) is 4.33. The summed E-state index contributed by atoms with van der Waals surface area (Å²) >= 11 is 9.60. The molecule has 0 aliphatic rings. The summed E-state index contributed by atoms with van der Waals surface area (Å²) in [4.78, 5) is 4.39. The van der Waals surface area contributed by atoms with Gasteiger partial charge in [0.1, 0.15) is 0 Å². The van der Waals surface area contributed by atoms with Gasteiger partial charge in [-0.2, -0.15) is 10.1 Å². The largest absolute Gasteiger partial charge is 0.339 e. The second-order valence-electron chi connectivity index (χ2n) is 4.86. The molecule has 2 aromatic carbocycles. The van der Waals surface area contributed by atoms with Gasteiger partial charge < -0.3 is 10.6 Å². The normalized spacial score (nSPS) is 10.4. The van der Waals surface area contributed by atoms with Crippen LogP contribution in [0.25, 0.3) is 0 Å². The molecule has 3 rings (SSSR count). The Labute approximate surface area is 147 Å². The summed E-state index contributed by atoms with van der Waals surface area (Å²) in [7, 11) is 0. The van der Waals surface area contributed by atoms with Crippen LogP contribution in [0.1, 0.15) is 5.56 Å². The molecule has 116 valence electrons. The van der Waals surface area contributed by atoms with Gasteiger partial charge in [-0.25, -0.2) is 0 Å². The molecule has 2 N–H and O–H groups in total. The van der Waals surface area contributed by atoms with Crippen molar-refractivity contribution < 1.29 is 0 Å². The minimum absolute atomic E-state index is 0.372. The van der Waals surface area contributed by atoms with Crippen LogP contribution in [0, 0.1) is 6.92 Å². The van der Waals surface area contributed by atoms with E-state index in [1.54, 1.807) is 12.3 Å². The molecule has 1 aromatic heterocycles. The van der Waals surface area contributed by atoms with E-state index in [2.05, 4.69) is 41.7 Å². The molecule has 0 aliphatic heterocycles. The Morgan fingerprint density at radius 3 is 2.70 bits per heavy atom. The van der Waals surface area contributed by atoms with Crippen molar-refractivity contribution in [1.82, 2.24) is 15.2 Å². The van der Waals surface area contributed by atoms with Gasteiger partial charge >= 0.3 is 0 Å². The molecule has 0 aliphatic carbocycles. The fraction of sp³-hybridized carbons (Fsp3) is 0.0625. The second kappa shape index (κ2) is 6.93. The number of rotatable bonds is 4. The van der Waals surface area contributed by atoms with E-state index in [-0.39, 0.29) is 0 Å². The quantitative estimate of drug-likeness (QED) is 0.650. The van der Waals surface area contributed by atoms with Crippen LogP contribution in [-0.4, -0.2) is 15.2 Å². The predicted octanol–water partition coefficient (Wildman–Crippen LogP) is 5.08. The lowest BCUT2D eigenvalue weighted by Crippen LogP contribution is -2.02. The van der Waals surface area contributed by atoms with E-state index < -0.39 is 0 Å². The lowest BCUT2D eigenvalue weighted by molar-refractivity contribution is 0.982. The molecule has 0 spiro atoms. The van der Waals surface area contributed by atoms with Gasteiger partial charge in [0.15, 0.2) is 5.82 Å². The molecule has 0 bridgehead atoms. The van der Waals surface area contributed by atoms with Crippen molar-refractivity contribution >= 4 is 50.7 Å². The molecule has 7 heteroatoms. The van der Waals surface area contributed by atoms with Crippen molar-refractivity contribution in [1.29, 1.82) is 0 Å². The average Bonchev–Trinajstić information content (AvgIpc) is 2.54. The van der Waals surface area contributed by atoms with Gasteiger partial charge in [0, 0.05) is 10.2 Å². The number of nitrogens with one attached hydrogen (secondary N) is 2. The molecule has 0 amide bonds. The summed E-state index contributed by atoms with van der Waals surface area (Å²) in [5.41, 5.74) is 2.79. The Balaban J connectivity index is 1.79. The molecule has 0 radical (unpaired) electrons. The van der Waals surface area contributed by atoms with Gasteiger partial charge in [-0.1, -0.05) is 39.7 Å². The van der Waals surface area contributed by atoms with E-state index in [4.69, 9.17) is 11.6 Å². The van der Waals surface area contributed by atoms with Crippen LogP contribution in [-0.2, 0) is 0 Å². The van der Waals surface area contributed by atoms with E-state index in [0.717, 1.165) is 21.4 Å². The van der Waals surface area contributed by atoms with E-state index in [0.29, 0.717) is 16.8 Å². The molecular formula is C16H13BrClN5. The molecule has 3 aromatic rings. The first-order chi connectivity index (χ1) is 11.1. The fourth-order valence-electron chi connectivity index (χ4n) is 1.97. The van der Waals surface area contributed by atoms with Gasteiger partial charge in [0.2, 0.25) is 5.95 Å². The summed E-state index contributed by atoms with van der Waals surface area (Å²) in [6.07, 6.45) is 1.56. The summed E-state index contributed by atoms with van der Waals surface area (Å²) in [6, 6.07) is 13.4. The van der Waals surface area contributed by atoms with Crippen LogP contribution in [0.5, 0.6) is 0 Å². The van der Waals surface area contributed by atoms with Crippen LogP contribution in [0.15, 0.2) is 53.1 Å². The molecule has 0 atom stereocenters. The van der Waals surface area contributed by atoms with Gasteiger partial charge in [-0.15, -0.1) is 5.10 Å². The zero-order valence-electron chi connectivity index (χ0n) is 12.2. The summed E-state index contributed by atoms with van der Waals surface area (Å²) in [5.74, 6) is 0.966. The van der Waals surface area contributed by atoms with Gasteiger partial charge in [0.05, 0.1) is 16.9 Å². The van der Waals surface area contributed by atoms with Crippen LogP contribution >= 0.6 is 27.5 Å². The molecule has 0 fully saturated rings. The minimum Gasteiger partial charge on any atom is -0.339 e. The lowest BCUT2D eigenvalue weighted by atomic mass is 10.2. The standard InChI is InChI=1S/C16H13BrClN5/c1-10-8-11(6-7-12(10)17)20-15-9-19-23-16(22-15)21-14-5-3-2-4-13(14)18/h2-9H,1H3,(H2,20,21,22,23). The number of benzene rings is 2. The summed E-state index contributed by atoms with van der Waals surface area (Å²) in [6.45, 7) is 2.03. The molecule has 0 saturated heterocycles. The third-order valence-electron chi connectivity index (χ3n) is 3.11. The Morgan fingerprint density at radius 1 is 1.09 bits per heavy atom. The molecule has 23 heavy (non-hydrogen) atoms. The SMILES string of the molecule is Cc1cc(Nc2cnnc(Nc3ccccc3Cl)n2)ccc1Br. The highest BCUT2D eigenvalue weighted by Gasteiger charge is 2.05. The number of hydrogen-bond donors (Lipinski definition) is 2. The van der Waals surface area contributed by atoms with E-state index >= 15 is 0 Å². The van der Waals surface area contributed by atoms with Gasteiger partial charge in [0.25, 0.3) is 0 Å². The van der Waals surface area contributed by atoms with E-state index in [1.807, 2.05) is 43.3 Å². The zero-order chi connectivity index (χ0) is 16.2. The number of halogens is 2. The highest BCUT2D eigenvalue weighted by molar-refractivity contribution is 9.10. The Bertz CT molecular complexity index is 840. The Morgan fingerprint density at radius 2 is 1.91 bits per heavy atom. The number of para-hydroxylation sites is 1. The highest BCUT2D eigenvalue weighted by atomic mass is 79.9. The smallest absolute Gasteiger partial charge is 0.249 e. The molecule has 1 heterocycles. The number of aromatic nitrogens is 3. The van der Waals surface area contributed by atoms with Gasteiger partial charge in [-0.3, -0.25) is 0 Å². The number of nitrogens with zero attached hydrogens (tertiary/aromatic N) is 3. The predicted molar refractivity (Wildman–Crippen MR) is 96.7 cm³/mol. The van der Waals surface area contributed by atoms with Crippen molar-refractivity contribution in [3.8, 4) is 0 Å². The maximum atomic E-state index is 6.12. The van der Waals surface area contributed by atoms with Crippen molar-refractivity contribution in [2.75, 3.05) is 10.6 Å². The Kier molecular flexibility index (Phi) is 4.73. The third kappa shape index (κ3) is 3.97. The van der Waals surface area contributed by atoms with Gasteiger partial charge in [-0.05, 0) is 42.8 Å². The molecular weight excluding hydrogens is 378 g/mol. The van der Waals surface area contributed by atoms with E-state index in [9.17, 15) is 0 Å². The van der Waals surface area contributed by atoms with Crippen LogP contribution in [0.3, 0.4) is 0 Å². The number of aryl methyl sites for hydroxylation is 1. The van der Waals surface area contributed by atoms with Crippen molar-refractivity contribution in [2.24, 2.45) is 0 Å². The number of anilines is 4. The first kappa shape index (κ1) is 15.7. The zero-order valence-corrected chi connectivity index (χ0v) is 14.6. The maximum Gasteiger partial charge on any atom is 0.249 e. The fourth-order valence-corrected chi connectivity index (χ4v) is 2.40. The van der Waals surface area contributed by atoms with Crippen molar-refractivity contribution in [3.05, 3.63) is 63.7 Å². The maximum absolute atomic E-state index is 6.12. The summed E-state index contributed by atoms with van der Waals surface area (Å²) < 4.78 is 1.06. The average molecular weight is 391 g/mol. The number of hydrogen-bond acceptors (Lipinski definition) is 5. The minimum atomic E-state index is 0.372. The topological polar surface area (TPSA) is 62.7 Å². The first-order valence-corrected chi connectivity index (χ1v) is 8.03. The summed E-state index contributed by atoms with van der Waals surface area (Å²) in [5, 5.41) is 14.8. The monoisotopic (exact) mass is 389 g/mol. The highest BCUT2D eigenvalue weighted by Crippen LogP contribution is 2.24. The molecule has 5 nitrogen and oxygen atoms in total.